The lowest BCUT2D eigenvalue weighted by molar-refractivity contribution is 0.250. The summed E-state index contributed by atoms with van der Waals surface area (Å²) in [5, 5.41) is 21.0. The molecule has 80 valence electrons. The summed E-state index contributed by atoms with van der Waals surface area (Å²) in [6, 6.07) is 2.85. The van der Waals surface area contributed by atoms with Gasteiger partial charge in [-0.15, -0.1) is 0 Å². The summed E-state index contributed by atoms with van der Waals surface area (Å²) >= 11 is 1.74. The Hall–Kier alpha value is -0.240. The number of nitrogens with zero attached hydrogens (tertiary/aromatic N) is 1. The average Bonchev–Trinajstić information content (AvgIpc) is 2.99. The molecule has 4 heteroatoms. The first-order valence-electron chi connectivity index (χ1n) is 5.10. The van der Waals surface area contributed by atoms with Crippen LogP contribution in [0.3, 0.4) is 0 Å². The molecule has 0 spiro atoms. The van der Waals surface area contributed by atoms with E-state index in [4.69, 9.17) is 10.4 Å². The number of nitriles is 1. The molecular weight excluding hydrogens is 196 g/mol. The molecule has 1 rings (SSSR count). The van der Waals surface area contributed by atoms with Crippen LogP contribution in [0, 0.1) is 17.2 Å². The highest BCUT2D eigenvalue weighted by Gasteiger charge is 2.24. The monoisotopic (exact) mass is 214 g/mol. The molecule has 0 aromatic heterocycles. The van der Waals surface area contributed by atoms with Crippen molar-refractivity contribution >= 4 is 11.8 Å². The van der Waals surface area contributed by atoms with Gasteiger partial charge in [-0.05, 0) is 24.5 Å². The predicted molar refractivity (Wildman–Crippen MR) is 59.1 cm³/mol. The molecule has 1 saturated carbocycles. The smallest absolute Gasteiger partial charge is 0.105 e. The third-order valence-electron chi connectivity index (χ3n) is 2.17. The highest BCUT2D eigenvalue weighted by molar-refractivity contribution is 7.99. The summed E-state index contributed by atoms with van der Waals surface area (Å²) in [4.78, 5) is 0. The lowest BCUT2D eigenvalue weighted by Crippen LogP contribution is -2.31. The van der Waals surface area contributed by atoms with E-state index in [1.165, 1.54) is 12.8 Å². The van der Waals surface area contributed by atoms with E-state index in [-0.39, 0.29) is 12.6 Å². The molecule has 2 unspecified atom stereocenters. The summed E-state index contributed by atoms with van der Waals surface area (Å²) in [6.07, 6.45) is 2.44. The maximum atomic E-state index is 8.85. The Morgan fingerprint density at radius 1 is 1.57 bits per heavy atom. The average molecular weight is 214 g/mol. The number of rotatable bonds is 7. The lowest BCUT2D eigenvalue weighted by Gasteiger charge is -2.11. The summed E-state index contributed by atoms with van der Waals surface area (Å²) in [5.74, 6) is 2.10. The van der Waals surface area contributed by atoms with Gasteiger partial charge in [0, 0.05) is 18.4 Å². The Morgan fingerprint density at radius 3 is 2.79 bits per heavy atom. The summed E-state index contributed by atoms with van der Waals surface area (Å²) < 4.78 is 0. The van der Waals surface area contributed by atoms with E-state index in [1.807, 2.05) is 6.92 Å². The fourth-order valence-electron chi connectivity index (χ4n) is 1.10. The van der Waals surface area contributed by atoms with Crippen LogP contribution >= 0.6 is 11.8 Å². The van der Waals surface area contributed by atoms with Crippen molar-refractivity contribution in [3.05, 3.63) is 0 Å². The molecule has 0 aliphatic heterocycles. The predicted octanol–water partition coefficient (Wildman–Crippen LogP) is 0.992. The molecule has 0 aromatic carbocycles. The molecule has 0 saturated heterocycles. The van der Waals surface area contributed by atoms with Crippen LogP contribution in [0.5, 0.6) is 0 Å². The molecule has 1 fully saturated rings. The molecule has 0 bridgehead atoms. The molecule has 3 nitrogen and oxygen atoms in total. The van der Waals surface area contributed by atoms with Crippen LogP contribution < -0.4 is 5.32 Å². The van der Waals surface area contributed by atoms with Gasteiger partial charge < -0.3 is 5.11 Å². The zero-order valence-corrected chi connectivity index (χ0v) is 9.39. The van der Waals surface area contributed by atoms with Crippen molar-refractivity contribution in [2.45, 2.75) is 31.8 Å². The van der Waals surface area contributed by atoms with Crippen LogP contribution in [0.4, 0.5) is 0 Å². The van der Waals surface area contributed by atoms with Gasteiger partial charge in [-0.3, -0.25) is 5.32 Å². The third-order valence-corrected chi connectivity index (χ3v) is 3.54. The molecule has 2 atom stereocenters. The number of nitrogens with one attached hydrogen (secondary N) is 1. The Bertz CT molecular complexity index is 201. The van der Waals surface area contributed by atoms with Crippen molar-refractivity contribution in [1.29, 1.82) is 5.26 Å². The molecule has 1 aliphatic carbocycles. The molecule has 2 N–H and O–H groups in total. The van der Waals surface area contributed by atoms with Gasteiger partial charge in [0.2, 0.25) is 0 Å². The highest BCUT2D eigenvalue weighted by atomic mass is 32.2. The summed E-state index contributed by atoms with van der Waals surface area (Å²) in [6.45, 7) is 2.25. The Labute approximate surface area is 89.9 Å². The number of thioether (sulfide) groups is 1. The van der Waals surface area contributed by atoms with Gasteiger partial charge in [0.15, 0.2) is 0 Å². The number of hydrogen-bond donors (Lipinski definition) is 2. The van der Waals surface area contributed by atoms with E-state index in [0.29, 0.717) is 12.0 Å². The maximum Gasteiger partial charge on any atom is 0.105 e. The maximum absolute atomic E-state index is 8.85. The van der Waals surface area contributed by atoms with Crippen LogP contribution in [-0.2, 0) is 0 Å². The van der Waals surface area contributed by atoms with Gasteiger partial charge in [0.05, 0.1) is 6.07 Å². The minimum absolute atomic E-state index is 0.0154. The van der Waals surface area contributed by atoms with Crippen molar-refractivity contribution < 1.29 is 5.11 Å². The molecule has 0 heterocycles. The molecular formula is C10H18N2OS. The zero-order chi connectivity index (χ0) is 10.4. The van der Waals surface area contributed by atoms with Crippen molar-refractivity contribution in [3.63, 3.8) is 0 Å². The van der Waals surface area contributed by atoms with Crippen molar-refractivity contribution in [2.75, 3.05) is 18.1 Å². The van der Waals surface area contributed by atoms with E-state index in [9.17, 15) is 0 Å². The van der Waals surface area contributed by atoms with E-state index < -0.39 is 0 Å². The Morgan fingerprint density at radius 2 is 2.29 bits per heavy atom. The van der Waals surface area contributed by atoms with Crippen LogP contribution in [0.2, 0.25) is 0 Å². The Kier molecular flexibility index (Phi) is 5.31. The molecule has 0 amide bonds. The number of aliphatic hydroxyl groups is 1. The SMILES string of the molecule is CC(CO)CSCC(C#N)NC1CC1. The second-order valence-corrected chi connectivity index (χ2v) is 5.02. The number of aliphatic hydroxyl groups excluding tert-OH is 1. The topological polar surface area (TPSA) is 56.0 Å². The fraction of sp³-hybridized carbons (Fsp3) is 0.900. The highest BCUT2D eigenvalue weighted by Crippen LogP contribution is 2.20. The van der Waals surface area contributed by atoms with Crippen LogP contribution in [0.1, 0.15) is 19.8 Å². The van der Waals surface area contributed by atoms with E-state index in [0.717, 1.165) is 11.5 Å². The van der Waals surface area contributed by atoms with Gasteiger partial charge >= 0.3 is 0 Å². The minimum Gasteiger partial charge on any atom is -0.396 e. The van der Waals surface area contributed by atoms with Gasteiger partial charge in [0.1, 0.15) is 6.04 Å². The zero-order valence-electron chi connectivity index (χ0n) is 8.57. The van der Waals surface area contributed by atoms with Crippen molar-refractivity contribution in [2.24, 2.45) is 5.92 Å². The third kappa shape index (κ3) is 4.85. The van der Waals surface area contributed by atoms with Gasteiger partial charge in [-0.2, -0.15) is 17.0 Å². The molecule has 0 radical (unpaired) electrons. The van der Waals surface area contributed by atoms with Crippen LogP contribution in [-0.4, -0.2) is 35.3 Å². The first-order valence-corrected chi connectivity index (χ1v) is 6.26. The molecule has 14 heavy (non-hydrogen) atoms. The van der Waals surface area contributed by atoms with E-state index in [2.05, 4.69) is 11.4 Å². The molecule has 0 aromatic rings. The first kappa shape index (κ1) is 11.8. The van der Waals surface area contributed by atoms with Gasteiger partial charge in [-0.1, -0.05) is 6.92 Å². The quantitative estimate of drug-likeness (QED) is 0.663. The van der Waals surface area contributed by atoms with Crippen LogP contribution in [0.25, 0.3) is 0 Å². The van der Waals surface area contributed by atoms with Gasteiger partial charge in [-0.25, -0.2) is 0 Å². The largest absolute Gasteiger partial charge is 0.396 e. The first-order chi connectivity index (χ1) is 6.76. The summed E-state index contributed by atoms with van der Waals surface area (Å²) in [5.41, 5.74) is 0. The van der Waals surface area contributed by atoms with Crippen molar-refractivity contribution in [3.8, 4) is 6.07 Å². The minimum atomic E-state index is -0.0154. The van der Waals surface area contributed by atoms with E-state index >= 15 is 0 Å². The van der Waals surface area contributed by atoms with Crippen molar-refractivity contribution in [1.82, 2.24) is 5.32 Å². The molecule has 1 aliphatic rings. The second-order valence-electron chi connectivity index (χ2n) is 3.95. The standard InChI is InChI=1S/C10H18N2OS/c1-8(5-13)6-14-7-10(4-11)12-9-2-3-9/h8-10,12-13H,2-3,5-7H2,1H3. The Balaban J connectivity index is 2.05. The number of hydrogen-bond acceptors (Lipinski definition) is 4. The second kappa shape index (κ2) is 6.28. The van der Waals surface area contributed by atoms with E-state index in [1.54, 1.807) is 11.8 Å². The lowest BCUT2D eigenvalue weighted by atomic mass is 10.2. The van der Waals surface area contributed by atoms with Crippen LogP contribution in [0.15, 0.2) is 0 Å². The normalized spacial score (nSPS) is 20.1. The fourth-order valence-corrected chi connectivity index (χ4v) is 2.15. The van der Waals surface area contributed by atoms with Gasteiger partial charge in [0.25, 0.3) is 0 Å². The summed E-state index contributed by atoms with van der Waals surface area (Å²) in [7, 11) is 0.